The molecular formula is C15H15BrF4N2. The number of rotatable bonds is 3. The second kappa shape index (κ2) is 6.02. The summed E-state index contributed by atoms with van der Waals surface area (Å²) in [4.78, 5) is 3.55. The van der Waals surface area contributed by atoms with Crippen molar-refractivity contribution in [2.24, 2.45) is 0 Å². The van der Waals surface area contributed by atoms with Crippen LogP contribution < -0.4 is 0 Å². The van der Waals surface area contributed by atoms with Crippen LogP contribution in [0.1, 0.15) is 42.9 Å². The van der Waals surface area contributed by atoms with Crippen LogP contribution in [0.15, 0.2) is 24.4 Å². The molecule has 2 nitrogen and oxygen atoms in total. The van der Waals surface area contributed by atoms with Crippen LogP contribution in [0.2, 0.25) is 0 Å². The van der Waals surface area contributed by atoms with Gasteiger partial charge >= 0.3 is 6.18 Å². The van der Waals surface area contributed by atoms with Gasteiger partial charge in [0.05, 0.1) is 5.56 Å². The lowest BCUT2D eigenvalue weighted by Gasteiger charge is -2.13. The van der Waals surface area contributed by atoms with E-state index in [9.17, 15) is 17.6 Å². The van der Waals surface area contributed by atoms with E-state index in [1.54, 1.807) is 19.9 Å². The van der Waals surface area contributed by atoms with Crippen molar-refractivity contribution in [3.63, 3.8) is 0 Å². The summed E-state index contributed by atoms with van der Waals surface area (Å²) in [7, 11) is 0. The van der Waals surface area contributed by atoms with E-state index >= 15 is 0 Å². The molecule has 1 atom stereocenters. The number of aromatic nitrogens is 2. The summed E-state index contributed by atoms with van der Waals surface area (Å²) in [6, 6.07) is 4.17. The number of hydrogen-bond donors (Lipinski definition) is 0. The van der Waals surface area contributed by atoms with E-state index in [4.69, 9.17) is 0 Å². The van der Waals surface area contributed by atoms with E-state index in [0.29, 0.717) is 5.56 Å². The standard InChI is InChI=1S/C15H15BrF4N2/c1-8(2)22-7-13(15(18,19)20)21-14(22)11-5-4-10(9(3)16)6-12(11)17/h4-9H,1-3H3. The van der Waals surface area contributed by atoms with E-state index < -0.39 is 17.7 Å². The number of nitrogens with zero attached hydrogens (tertiary/aromatic N) is 2. The minimum atomic E-state index is -4.56. The fourth-order valence-electron chi connectivity index (χ4n) is 2.08. The fraction of sp³-hybridized carbons (Fsp3) is 0.400. The molecule has 1 aromatic carbocycles. The van der Waals surface area contributed by atoms with Crippen LogP contribution in [0.5, 0.6) is 0 Å². The lowest BCUT2D eigenvalue weighted by atomic mass is 10.1. The third-order valence-corrected chi connectivity index (χ3v) is 3.80. The third kappa shape index (κ3) is 3.34. The minimum absolute atomic E-state index is 0.0198. The largest absolute Gasteiger partial charge is 0.434 e. The van der Waals surface area contributed by atoms with Gasteiger partial charge in [-0.2, -0.15) is 13.2 Å². The Labute approximate surface area is 134 Å². The van der Waals surface area contributed by atoms with E-state index in [2.05, 4.69) is 20.9 Å². The SMILES string of the molecule is CC(Br)c1ccc(-c2nc(C(F)(F)F)cn2C(C)C)c(F)c1. The van der Waals surface area contributed by atoms with Crippen LogP contribution in [0.25, 0.3) is 11.4 Å². The van der Waals surface area contributed by atoms with Crippen LogP contribution in [0.3, 0.4) is 0 Å². The Kier molecular flexibility index (Phi) is 4.65. The highest BCUT2D eigenvalue weighted by Gasteiger charge is 2.35. The fourth-order valence-corrected chi connectivity index (χ4v) is 2.37. The topological polar surface area (TPSA) is 17.8 Å². The number of alkyl halides is 4. The molecule has 0 N–H and O–H groups in total. The minimum Gasteiger partial charge on any atom is -0.328 e. The predicted octanol–water partition coefficient (Wildman–Crippen LogP) is 5.74. The number of halogens is 5. The maximum absolute atomic E-state index is 14.3. The average Bonchev–Trinajstić information content (AvgIpc) is 2.83. The number of benzene rings is 1. The molecule has 1 aromatic heterocycles. The first-order chi connectivity index (χ1) is 10.1. The molecule has 0 saturated heterocycles. The number of hydrogen-bond acceptors (Lipinski definition) is 1. The monoisotopic (exact) mass is 378 g/mol. The molecule has 0 bridgehead atoms. The average molecular weight is 379 g/mol. The lowest BCUT2D eigenvalue weighted by Crippen LogP contribution is -2.05. The number of imidazole rings is 1. The molecule has 0 aliphatic carbocycles. The van der Waals surface area contributed by atoms with Gasteiger partial charge in [0.1, 0.15) is 11.6 Å². The molecular weight excluding hydrogens is 364 g/mol. The summed E-state index contributed by atoms with van der Waals surface area (Å²) in [5.41, 5.74) is -0.255. The van der Waals surface area contributed by atoms with Crippen molar-refractivity contribution in [3.05, 3.63) is 41.5 Å². The van der Waals surface area contributed by atoms with Crippen LogP contribution in [0.4, 0.5) is 17.6 Å². The van der Waals surface area contributed by atoms with Crippen LogP contribution in [0, 0.1) is 5.82 Å². The van der Waals surface area contributed by atoms with Gasteiger partial charge in [0.25, 0.3) is 0 Å². The molecule has 0 amide bonds. The Bertz CT molecular complexity index is 675. The maximum atomic E-state index is 14.3. The van der Waals surface area contributed by atoms with Crippen molar-refractivity contribution in [1.82, 2.24) is 9.55 Å². The zero-order chi connectivity index (χ0) is 16.7. The van der Waals surface area contributed by atoms with Crippen molar-refractivity contribution in [1.29, 1.82) is 0 Å². The molecule has 0 aliphatic heterocycles. The quantitative estimate of drug-likeness (QED) is 0.491. The molecule has 7 heteroatoms. The first-order valence-corrected chi connectivity index (χ1v) is 7.62. The Hall–Kier alpha value is -1.37. The molecule has 120 valence electrons. The summed E-state index contributed by atoms with van der Waals surface area (Å²) in [5.74, 6) is -0.612. The summed E-state index contributed by atoms with van der Waals surface area (Å²) >= 11 is 3.33. The Morgan fingerprint density at radius 2 is 1.82 bits per heavy atom. The van der Waals surface area contributed by atoms with Gasteiger partial charge in [0.15, 0.2) is 5.69 Å². The van der Waals surface area contributed by atoms with Gasteiger partial charge in [0.2, 0.25) is 0 Å². The van der Waals surface area contributed by atoms with Gasteiger partial charge < -0.3 is 4.57 Å². The summed E-state index contributed by atoms with van der Waals surface area (Å²) in [6.07, 6.45) is -3.64. The van der Waals surface area contributed by atoms with Crippen LogP contribution >= 0.6 is 15.9 Å². The second-order valence-corrected chi connectivity index (χ2v) is 6.68. The van der Waals surface area contributed by atoms with Gasteiger partial charge in [-0.15, -0.1) is 0 Å². The Balaban J connectivity index is 2.59. The molecule has 1 unspecified atom stereocenters. The highest BCUT2D eigenvalue weighted by Crippen LogP contribution is 2.34. The normalized spacial score (nSPS) is 13.7. The maximum Gasteiger partial charge on any atom is 0.434 e. The molecule has 0 radical (unpaired) electrons. The zero-order valence-corrected chi connectivity index (χ0v) is 13.8. The van der Waals surface area contributed by atoms with Gasteiger partial charge in [-0.1, -0.05) is 22.0 Å². The van der Waals surface area contributed by atoms with Gasteiger partial charge in [0, 0.05) is 17.1 Å². The molecule has 0 fully saturated rings. The first-order valence-electron chi connectivity index (χ1n) is 6.71. The second-order valence-electron chi connectivity index (χ2n) is 5.30. The molecule has 2 rings (SSSR count). The zero-order valence-electron chi connectivity index (χ0n) is 12.2. The lowest BCUT2D eigenvalue weighted by molar-refractivity contribution is -0.140. The Morgan fingerprint density at radius 3 is 2.27 bits per heavy atom. The molecule has 22 heavy (non-hydrogen) atoms. The van der Waals surface area contributed by atoms with Crippen molar-refractivity contribution < 1.29 is 17.6 Å². The van der Waals surface area contributed by atoms with E-state index in [1.165, 1.54) is 16.7 Å². The first kappa shape index (κ1) is 17.0. The van der Waals surface area contributed by atoms with E-state index in [1.807, 2.05) is 6.92 Å². The highest BCUT2D eigenvalue weighted by molar-refractivity contribution is 9.09. The van der Waals surface area contributed by atoms with E-state index in [-0.39, 0.29) is 22.3 Å². The summed E-state index contributed by atoms with van der Waals surface area (Å²) in [5, 5.41) is 0. The van der Waals surface area contributed by atoms with Crippen LogP contribution in [-0.4, -0.2) is 9.55 Å². The van der Waals surface area contributed by atoms with Crippen molar-refractivity contribution in [3.8, 4) is 11.4 Å². The summed E-state index contributed by atoms with van der Waals surface area (Å²) in [6.45, 7) is 5.28. The van der Waals surface area contributed by atoms with Crippen molar-refractivity contribution in [2.45, 2.75) is 37.8 Å². The van der Waals surface area contributed by atoms with Gasteiger partial charge in [-0.25, -0.2) is 9.37 Å². The van der Waals surface area contributed by atoms with Crippen molar-refractivity contribution >= 4 is 15.9 Å². The molecule has 0 spiro atoms. The molecule has 2 aromatic rings. The van der Waals surface area contributed by atoms with Gasteiger partial charge in [-0.3, -0.25) is 0 Å². The molecule has 0 saturated carbocycles. The molecule has 0 aliphatic rings. The van der Waals surface area contributed by atoms with Gasteiger partial charge in [-0.05, 0) is 38.5 Å². The smallest absolute Gasteiger partial charge is 0.328 e. The van der Waals surface area contributed by atoms with Crippen LogP contribution in [-0.2, 0) is 6.18 Å². The third-order valence-electron chi connectivity index (χ3n) is 3.27. The van der Waals surface area contributed by atoms with Crippen molar-refractivity contribution in [2.75, 3.05) is 0 Å². The summed E-state index contributed by atoms with van der Waals surface area (Å²) < 4.78 is 54.2. The molecule has 1 heterocycles. The van der Waals surface area contributed by atoms with E-state index in [0.717, 1.165) is 6.20 Å². The Morgan fingerprint density at radius 1 is 1.18 bits per heavy atom. The predicted molar refractivity (Wildman–Crippen MR) is 80.4 cm³/mol. The highest BCUT2D eigenvalue weighted by atomic mass is 79.9.